The zero-order valence-electron chi connectivity index (χ0n) is 13.0. The number of oxazole rings is 1. The summed E-state index contributed by atoms with van der Waals surface area (Å²) in [5, 5.41) is 9.30. The first-order valence-electron chi connectivity index (χ1n) is 7.43. The average molecular weight is 328 g/mol. The van der Waals surface area contributed by atoms with Crippen LogP contribution in [0.15, 0.2) is 53.3 Å². The largest absolute Gasteiger partial charge is 0.443 e. The third-order valence-corrected chi connectivity index (χ3v) is 3.89. The van der Waals surface area contributed by atoms with Gasteiger partial charge in [-0.3, -0.25) is 0 Å². The lowest BCUT2D eigenvalue weighted by Gasteiger charge is -2.08. The normalized spacial score (nSPS) is 10.7. The minimum Gasteiger partial charge on any atom is -0.443 e. The van der Waals surface area contributed by atoms with Crippen LogP contribution in [0.5, 0.6) is 0 Å². The molecule has 0 fully saturated rings. The quantitative estimate of drug-likeness (QED) is 0.579. The number of nitrogen functional groups attached to an aromatic ring is 2. The third kappa shape index (κ3) is 2.52. The number of nitriles is 1. The Kier molecular flexibility index (Phi) is 3.29. The van der Waals surface area contributed by atoms with Crippen molar-refractivity contribution in [1.29, 1.82) is 5.26 Å². The molecule has 4 rings (SSSR count). The SMILES string of the molecule is N#Cc1c(N)nc(N)nc1-c1ccc(-c2ccc3ocnc3c2)cc1. The fourth-order valence-electron chi connectivity index (χ4n) is 2.67. The number of aromatic nitrogens is 3. The van der Waals surface area contributed by atoms with Crippen LogP contribution in [0.3, 0.4) is 0 Å². The minimum absolute atomic E-state index is 0.0343. The summed E-state index contributed by atoms with van der Waals surface area (Å²) in [6.07, 6.45) is 1.42. The average Bonchev–Trinajstić information content (AvgIpc) is 3.09. The predicted octanol–water partition coefficient (Wildman–Crippen LogP) is 2.99. The van der Waals surface area contributed by atoms with E-state index >= 15 is 0 Å². The van der Waals surface area contributed by atoms with Crippen molar-refractivity contribution in [2.24, 2.45) is 0 Å². The Morgan fingerprint density at radius 3 is 2.40 bits per heavy atom. The fraction of sp³-hybridized carbons (Fsp3) is 0. The molecule has 0 aliphatic heterocycles. The molecule has 0 saturated heterocycles. The van der Waals surface area contributed by atoms with E-state index in [4.69, 9.17) is 15.9 Å². The molecule has 0 bridgehead atoms. The van der Waals surface area contributed by atoms with Gasteiger partial charge in [-0.15, -0.1) is 0 Å². The molecule has 2 heterocycles. The van der Waals surface area contributed by atoms with Crippen LogP contribution in [-0.2, 0) is 0 Å². The first kappa shape index (κ1) is 14.7. The van der Waals surface area contributed by atoms with Gasteiger partial charge in [-0.25, -0.2) is 9.97 Å². The van der Waals surface area contributed by atoms with Crippen molar-refractivity contribution < 1.29 is 4.42 Å². The van der Waals surface area contributed by atoms with Crippen LogP contribution in [0, 0.1) is 11.3 Å². The van der Waals surface area contributed by atoms with Gasteiger partial charge in [0, 0.05) is 5.56 Å². The van der Waals surface area contributed by atoms with Gasteiger partial charge in [-0.2, -0.15) is 10.2 Å². The molecule has 0 saturated carbocycles. The Labute approximate surface area is 142 Å². The summed E-state index contributed by atoms with van der Waals surface area (Å²) in [5.74, 6) is 0.109. The van der Waals surface area contributed by atoms with E-state index in [9.17, 15) is 5.26 Å². The Morgan fingerprint density at radius 2 is 1.64 bits per heavy atom. The molecule has 0 aliphatic carbocycles. The summed E-state index contributed by atoms with van der Waals surface area (Å²) in [5.41, 5.74) is 16.3. The number of fused-ring (bicyclic) bond motifs is 1. The Balaban J connectivity index is 1.77. The number of hydrogen-bond donors (Lipinski definition) is 2. The van der Waals surface area contributed by atoms with Gasteiger partial charge in [-0.05, 0) is 23.3 Å². The standard InChI is InChI=1S/C18H12N6O/c19-8-13-16(23-18(21)24-17(13)20)11-3-1-10(2-4-11)12-5-6-15-14(7-12)22-9-25-15/h1-7,9H,(H4,20,21,23,24). The van der Waals surface area contributed by atoms with E-state index < -0.39 is 0 Å². The molecule has 25 heavy (non-hydrogen) atoms. The van der Waals surface area contributed by atoms with Crippen molar-refractivity contribution in [2.75, 3.05) is 11.5 Å². The van der Waals surface area contributed by atoms with Crippen molar-refractivity contribution in [2.45, 2.75) is 0 Å². The van der Waals surface area contributed by atoms with Crippen LogP contribution in [-0.4, -0.2) is 15.0 Å². The Morgan fingerprint density at radius 1 is 0.920 bits per heavy atom. The molecular formula is C18H12N6O. The van der Waals surface area contributed by atoms with Gasteiger partial charge in [0.05, 0.1) is 5.69 Å². The van der Waals surface area contributed by atoms with Crippen LogP contribution in [0.4, 0.5) is 11.8 Å². The Hall–Kier alpha value is -3.92. The molecule has 0 amide bonds. The van der Waals surface area contributed by atoms with E-state index in [0.717, 1.165) is 27.8 Å². The maximum absolute atomic E-state index is 9.30. The van der Waals surface area contributed by atoms with E-state index in [1.807, 2.05) is 48.5 Å². The van der Waals surface area contributed by atoms with Crippen LogP contribution in [0.25, 0.3) is 33.5 Å². The van der Waals surface area contributed by atoms with E-state index in [-0.39, 0.29) is 17.3 Å². The van der Waals surface area contributed by atoms with Crippen molar-refractivity contribution in [3.05, 3.63) is 54.4 Å². The zero-order valence-corrected chi connectivity index (χ0v) is 13.0. The molecule has 7 nitrogen and oxygen atoms in total. The van der Waals surface area contributed by atoms with Gasteiger partial charge < -0.3 is 15.9 Å². The maximum Gasteiger partial charge on any atom is 0.222 e. The summed E-state index contributed by atoms with van der Waals surface area (Å²) >= 11 is 0. The first-order valence-corrected chi connectivity index (χ1v) is 7.43. The second-order valence-electron chi connectivity index (χ2n) is 5.41. The smallest absolute Gasteiger partial charge is 0.222 e. The predicted molar refractivity (Wildman–Crippen MR) is 94.0 cm³/mol. The fourth-order valence-corrected chi connectivity index (χ4v) is 2.67. The maximum atomic E-state index is 9.30. The highest BCUT2D eigenvalue weighted by Crippen LogP contribution is 2.29. The molecule has 0 radical (unpaired) electrons. The highest BCUT2D eigenvalue weighted by atomic mass is 16.3. The van der Waals surface area contributed by atoms with Crippen LogP contribution in [0.2, 0.25) is 0 Å². The molecule has 120 valence electrons. The molecule has 0 spiro atoms. The first-order chi connectivity index (χ1) is 12.2. The van der Waals surface area contributed by atoms with Gasteiger partial charge in [0.15, 0.2) is 12.0 Å². The topological polar surface area (TPSA) is 128 Å². The molecule has 7 heteroatoms. The summed E-state index contributed by atoms with van der Waals surface area (Å²) in [6.45, 7) is 0. The molecule has 4 N–H and O–H groups in total. The number of rotatable bonds is 2. The van der Waals surface area contributed by atoms with Crippen LogP contribution < -0.4 is 11.5 Å². The third-order valence-electron chi connectivity index (χ3n) is 3.89. The lowest BCUT2D eigenvalue weighted by molar-refractivity contribution is 0.602. The highest BCUT2D eigenvalue weighted by Gasteiger charge is 2.13. The number of nitrogens with zero attached hydrogens (tertiary/aromatic N) is 4. The summed E-state index contributed by atoms with van der Waals surface area (Å²) < 4.78 is 5.25. The van der Waals surface area contributed by atoms with E-state index in [1.165, 1.54) is 6.39 Å². The lowest BCUT2D eigenvalue weighted by Crippen LogP contribution is -2.04. The highest BCUT2D eigenvalue weighted by molar-refractivity contribution is 5.81. The van der Waals surface area contributed by atoms with Crippen molar-refractivity contribution in [1.82, 2.24) is 15.0 Å². The number of anilines is 2. The monoisotopic (exact) mass is 328 g/mol. The molecule has 0 atom stereocenters. The van der Waals surface area contributed by atoms with E-state index in [0.29, 0.717) is 5.69 Å². The molecule has 4 aromatic rings. The minimum atomic E-state index is 0.0343. The van der Waals surface area contributed by atoms with Gasteiger partial charge in [-0.1, -0.05) is 30.3 Å². The van der Waals surface area contributed by atoms with Gasteiger partial charge >= 0.3 is 0 Å². The van der Waals surface area contributed by atoms with E-state index in [2.05, 4.69) is 15.0 Å². The lowest BCUT2D eigenvalue weighted by atomic mass is 10.0. The molecule has 0 unspecified atom stereocenters. The molecule has 0 aliphatic rings. The Bertz CT molecular complexity index is 1120. The van der Waals surface area contributed by atoms with Gasteiger partial charge in [0.2, 0.25) is 5.95 Å². The second-order valence-corrected chi connectivity index (χ2v) is 5.41. The number of nitrogens with two attached hydrogens (primary N) is 2. The van der Waals surface area contributed by atoms with E-state index in [1.54, 1.807) is 0 Å². The molecular weight excluding hydrogens is 316 g/mol. The van der Waals surface area contributed by atoms with Crippen molar-refractivity contribution in [3.63, 3.8) is 0 Å². The summed E-state index contributed by atoms with van der Waals surface area (Å²) in [6, 6.07) is 15.4. The van der Waals surface area contributed by atoms with Crippen molar-refractivity contribution in [3.8, 4) is 28.5 Å². The summed E-state index contributed by atoms with van der Waals surface area (Å²) in [7, 11) is 0. The second kappa shape index (κ2) is 5.62. The van der Waals surface area contributed by atoms with Crippen molar-refractivity contribution >= 4 is 22.9 Å². The van der Waals surface area contributed by atoms with Gasteiger partial charge in [0.1, 0.15) is 23.0 Å². The molecule has 2 aromatic carbocycles. The zero-order chi connectivity index (χ0) is 17.4. The van der Waals surface area contributed by atoms with Crippen LogP contribution >= 0.6 is 0 Å². The van der Waals surface area contributed by atoms with Crippen LogP contribution in [0.1, 0.15) is 5.56 Å². The number of benzene rings is 2. The number of hydrogen-bond acceptors (Lipinski definition) is 7. The van der Waals surface area contributed by atoms with Gasteiger partial charge in [0.25, 0.3) is 0 Å². The molecule has 2 aromatic heterocycles. The summed E-state index contributed by atoms with van der Waals surface area (Å²) in [4.78, 5) is 12.1.